The zero-order valence-corrected chi connectivity index (χ0v) is 9.13. The third-order valence-electron chi connectivity index (χ3n) is 2.25. The van der Waals surface area contributed by atoms with Crippen LogP contribution in [0.15, 0.2) is 18.2 Å². The van der Waals surface area contributed by atoms with Crippen LogP contribution in [0.2, 0.25) is 0 Å². The summed E-state index contributed by atoms with van der Waals surface area (Å²) in [6.45, 7) is 0.381. The molecule has 0 spiro atoms. The van der Waals surface area contributed by atoms with E-state index in [0.717, 1.165) is 11.4 Å². The summed E-state index contributed by atoms with van der Waals surface area (Å²) in [7, 11) is 3.62. The van der Waals surface area contributed by atoms with Gasteiger partial charge in [0.2, 0.25) is 0 Å². The van der Waals surface area contributed by atoms with Crippen molar-refractivity contribution in [2.75, 3.05) is 31.3 Å². The smallest absolute Gasteiger partial charge is 0.166 e. The van der Waals surface area contributed by atoms with E-state index >= 15 is 0 Å². The zero-order valence-electron chi connectivity index (χ0n) is 9.13. The van der Waals surface area contributed by atoms with Crippen molar-refractivity contribution in [1.29, 1.82) is 0 Å². The number of carbonyl (C=O) groups excluding carboxylic acids is 1. The van der Waals surface area contributed by atoms with Crippen molar-refractivity contribution in [1.82, 2.24) is 0 Å². The molecule has 0 bridgehead atoms. The SMILES string of the molecule is CNc1ccc(NC)c(C(=O)CCN)c1. The Labute approximate surface area is 89.9 Å². The monoisotopic (exact) mass is 207 g/mol. The molecule has 0 radical (unpaired) electrons. The molecule has 0 aliphatic rings. The minimum atomic E-state index is 0.0685. The molecule has 0 atom stereocenters. The van der Waals surface area contributed by atoms with E-state index in [2.05, 4.69) is 10.6 Å². The molecule has 1 aromatic carbocycles. The fraction of sp³-hybridized carbons (Fsp3) is 0.364. The van der Waals surface area contributed by atoms with Gasteiger partial charge in [0.1, 0.15) is 0 Å². The lowest BCUT2D eigenvalue weighted by atomic mass is 10.1. The quantitative estimate of drug-likeness (QED) is 0.637. The second kappa shape index (κ2) is 5.36. The third-order valence-corrected chi connectivity index (χ3v) is 2.25. The number of hydrogen-bond donors (Lipinski definition) is 3. The fourth-order valence-electron chi connectivity index (χ4n) is 1.41. The maximum atomic E-state index is 11.7. The Morgan fingerprint density at radius 1 is 1.33 bits per heavy atom. The van der Waals surface area contributed by atoms with Crippen molar-refractivity contribution < 1.29 is 4.79 Å². The summed E-state index contributed by atoms with van der Waals surface area (Å²) in [4.78, 5) is 11.7. The van der Waals surface area contributed by atoms with Crippen LogP contribution in [0, 0.1) is 0 Å². The van der Waals surface area contributed by atoms with E-state index in [9.17, 15) is 4.79 Å². The van der Waals surface area contributed by atoms with Gasteiger partial charge in [-0.3, -0.25) is 4.79 Å². The van der Waals surface area contributed by atoms with Gasteiger partial charge < -0.3 is 16.4 Å². The second-order valence-electron chi connectivity index (χ2n) is 3.22. The molecule has 0 aliphatic heterocycles. The molecule has 4 heteroatoms. The number of carbonyl (C=O) groups is 1. The van der Waals surface area contributed by atoms with Gasteiger partial charge in [0, 0.05) is 37.5 Å². The van der Waals surface area contributed by atoms with Crippen LogP contribution in [-0.2, 0) is 0 Å². The molecular weight excluding hydrogens is 190 g/mol. The molecule has 0 saturated heterocycles. The molecule has 0 aromatic heterocycles. The van der Waals surface area contributed by atoms with Crippen LogP contribution < -0.4 is 16.4 Å². The molecule has 1 rings (SSSR count). The van der Waals surface area contributed by atoms with Crippen LogP contribution in [0.1, 0.15) is 16.8 Å². The summed E-state index contributed by atoms with van der Waals surface area (Å²) in [6.07, 6.45) is 0.377. The number of anilines is 2. The fourth-order valence-corrected chi connectivity index (χ4v) is 1.41. The number of hydrogen-bond acceptors (Lipinski definition) is 4. The molecule has 0 saturated carbocycles. The minimum Gasteiger partial charge on any atom is -0.388 e. The lowest BCUT2D eigenvalue weighted by Crippen LogP contribution is -2.10. The lowest BCUT2D eigenvalue weighted by molar-refractivity contribution is 0.0986. The number of nitrogens with one attached hydrogen (secondary N) is 2. The van der Waals surface area contributed by atoms with Gasteiger partial charge in [-0.05, 0) is 24.7 Å². The van der Waals surface area contributed by atoms with E-state index in [1.54, 1.807) is 7.05 Å². The van der Waals surface area contributed by atoms with E-state index in [-0.39, 0.29) is 5.78 Å². The Balaban J connectivity index is 3.05. The summed E-state index contributed by atoms with van der Waals surface area (Å²) in [5, 5.41) is 6.00. The maximum Gasteiger partial charge on any atom is 0.166 e. The van der Waals surface area contributed by atoms with Gasteiger partial charge in [0.05, 0.1) is 0 Å². The number of rotatable bonds is 5. The molecule has 0 fully saturated rings. The van der Waals surface area contributed by atoms with E-state index in [4.69, 9.17) is 5.73 Å². The van der Waals surface area contributed by atoms with Gasteiger partial charge in [-0.2, -0.15) is 0 Å². The topological polar surface area (TPSA) is 67.1 Å². The molecule has 4 N–H and O–H groups in total. The first-order valence-electron chi connectivity index (χ1n) is 4.95. The number of ketones is 1. The molecular formula is C11H17N3O. The zero-order chi connectivity index (χ0) is 11.3. The van der Waals surface area contributed by atoms with Gasteiger partial charge in [0.15, 0.2) is 5.78 Å². The number of benzene rings is 1. The third kappa shape index (κ3) is 2.70. The van der Waals surface area contributed by atoms with Gasteiger partial charge >= 0.3 is 0 Å². The largest absolute Gasteiger partial charge is 0.388 e. The summed E-state index contributed by atoms with van der Waals surface area (Å²) < 4.78 is 0. The Kier molecular flexibility index (Phi) is 4.12. The molecule has 15 heavy (non-hydrogen) atoms. The van der Waals surface area contributed by atoms with E-state index in [1.165, 1.54) is 0 Å². The van der Waals surface area contributed by atoms with Crippen LogP contribution in [0.25, 0.3) is 0 Å². The molecule has 0 aliphatic carbocycles. The van der Waals surface area contributed by atoms with Gasteiger partial charge in [-0.15, -0.1) is 0 Å². The van der Waals surface area contributed by atoms with Crippen molar-refractivity contribution in [3.8, 4) is 0 Å². The molecule has 1 aromatic rings. The first-order valence-corrected chi connectivity index (χ1v) is 4.95. The number of nitrogens with two attached hydrogens (primary N) is 1. The van der Waals surface area contributed by atoms with Crippen molar-refractivity contribution in [2.24, 2.45) is 5.73 Å². The highest BCUT2D eigenvalue weighted by Gasteiger charge is 2.10. The first kappa shape index (κ1) is 11.5. The first-order chi connectivity index (χ1) is 7.22. The van der Waals surface area contributed by atoms with Crippen LogP contribution in [0.3, 0.4) is 0 Å². The molecule has 0 heterocycles. The highest BCUT2D eigenvalue weighted by molar-refractivity contribution is 6.02. The van der Waals surface area contributed by atoms with Crippen LogP contribution in [0.4, 0.5) is 11.4 Å². The van der Waals surface area contributed by atoms with Crippen LogP contribution in [-0.4, -0.2) is 26.4 Å². The van der Waals surface area contributed by atoms with Gasteiger partial charge in [-0.25, -0.2) is 0 Å². The van der Waals surface area contributed by atoms with E-state index in [1.807, 2.05) is 25.2 Å². The Hall–Kier alpha value is -1.55. The lowest BCUT2D eigenvalue weighted by Gasteiger charge is -2.10. The van der Waals surface area contributed by atoms with Gasteiger partial charge in [0.25, 0.3) is 0 Å². The Bertz CT molecular complexity index is 350. The van der Waals surface area contributed by atoms with Gasteiger partial charge in [-0.1, -0.05) is 0 Å². The highest BCUT2D eigenvalue weighted by Crippen LogP contribution is 2.21. The highest BCUT2D eigenvalue weighted by atomic mass is 16.1. The minimum absolute atomic E-state index is 0.0685. The maximum absolute atomic E-state index is 11.7. The average molecular weight is 207 g/mol. The summed E-state index contributed by atoms with van der Waals surface area (Å²) in [6, 6.07) is 5.64. The standard InChI is InChI=1S/C11H17N3O/c1-13-8-3-4-10(14-2)9(7-8)11(15)5-6-12/h3-4,7,13-14H,5-6,12H2,1-2H3. The van der Waals surface area contributed by atoms with Crippen molar-refractivity contribution in [3.05, 3.63) is 23.8 Å². The van der Waals surface area contributed by atoms with Crippen molar-refractivity contribution >= 4 is 17.2 Å². The molecule has 4 nitrogen and oxygen atoms in total. The molecule has 0 unspecified atom stereocenters. The molecule has 82 valence electrons. The predicted octanol–water partition coefficient (Wildman–Crippen LogP) is 1.30. The summed E-state index contributed by atoms with van der Waals surface area (Å²) in [5.41, 5.74) is 7.83. The summed E-state index contributed by atoms with van der Waals surface area (Å²) in [5.74, 6) is 0.0685. The predicted molar refractivity (Wildman–Crippen MR) is 63.5 cm³/mol. The van der Waals surface area contributed by atoms with Crippen molar-refractivity contribution in [3.63, 3.8) is 0 Å². The normalized spacial score (nSPS) is 9.80. The summed E-state index contributed by atoms with van der Waals surface area (Å²) >= 11 is 0. The van der Waals surface area contributed by atoms with E-state index in [0.29, 0.717) is 18.5 Å². The van der Waals surface area contributed by atoms with Crippen LogP contribution in [0.5, 0.6) is 0 Å². The van der Waals surface area contributed by atoms with E-state index < -0.39 is 0 Å². The Morgan fingerprint density at radius 2 is 2.07 bits per heavy atom. The molecule has 0 amide bonds. The van der Waals surface area contributed by atoms with Crippen molar-refractivity contribution in [2.45, 2.75) is 6.42 Å². The Morgan fingerprint density at radius 3 is 2.60 bits per heavy atom. The number of Topliss-reactive ketones (excluding diaryl/α,β-unsaturated/α-hetero) is 1. The average Bonchev–Trinajstić information content (AvgIpc) is 2.28. The second-order valence-corrected chi connectivity index (χ2v) is 3.22. The van der Waals surface area contributed by atoms with Crippen LogP contribution >= 0.6 is 0 Å².